The highest BCUT2D eigenvalue weighted by Gasteiger charge is 2.23. The quantitative estimate of drug-likeness (QED) is 0.211. The van der Waals surface area contributed by atoms with Gasteiger partial charge in [-0.1, -0.05) is 33.6 Å². The predicted molar refractivity (Wildman–Crippen MR) is 105 cm³/mol. The standard InChI is InChI=1S/C19H17BrO7S/c1-12-4-7-15(8-5-12)28(23,24)27-17-9-6-14(20)10-13(17)11-16(18(21)25-2)19(22)26-3/h4-11H,1-3H3. The molecule has 2 rings (SSSR count). The molecule has 0 heterocycles. The molecule has 0 fully saturated rings. The van der Waals surface area contributed by atoms with E-state index in [1.165, 1.54) is 24.3 Å². The third kappa shape index (κ3) is 5.20. The maximum absolute atomic E-state index is 12.6. The van der Waals surface area contributed by atoms with Crippen molar-refractivity contribution in [3.8, 4) is 5.75 Å². The molecule has 0 unspecified atom stereocenters. The van der Waals surface area contributed by atoms with E-state index in [2.05, 4.69) is 25.4 Å². The summed E-state index contributed by atoms with van der Waals surface area (Å²) in [5, 5.41) is 0. The zero-order valence-corrected chi connectivity index (χ0v) is 17.7. The largest absolute Gasteiger partial charge is 0.465 e. The van der Waals surface area contributed by atoms with Crippen molar-refractivity contribution in [2.45, 2.75) is 11.8 Å². The normalized spacial score (nSPS) is 10.7. The smallest absolute Gasteiger partial charge is 0.345 e. The van der Waals surface area contributed by atoms with Crippen molar-refractivity contribution < 1.29 is 31.7 Å². The molecule has 0 bridgehead atoms. The molecular formula is C19H17BrO7S. The van der Waals surface area contributed by atoms with E-state index >= 15 is 0 Å². The number of hydrogen-bond acceptors (Lipinski definition) is 7. The Morgan fingerprint density at radius 3 is 2.07 bits per heavy atom. The van der Waals surface area contributed by atoms with Crippen LogP contribution in [0.15, 0.2) is 57.4 Å². The third-order valence-electron chi connectivity index (χ3n) is 3.59. The molecule has 0 aromatic heterocycles. The Hall–Kier alpha value is -2.65. The van der Waals surface area contributed by atoms with Crippen molar-refractivity contribution in [2.24, 2.45) is 0 Å². The Morgan fingerprint density at radius 2 is 1.54 bits per heavy atom. The van der Waals surface area contributed by atoms with Crippen LogP contribution in [0.5, 0.6) is 5.75 Å². The van der Waals surface area contributed by atoms with Crippen molar-refractivity contribution in [1.29, 1.82) is 0 Å². The Bertz CT molecular complexity index is 1010. The highest BCUT2D eigenvalue weighted by atomic mass is 79.9. The van der Waals surface area contributed by atoms with Crippen LogP contribution in [-0.4, -0.2) is 34.6 Å². The number of benzene rings is 2. The Labute approximate surface area is 171 Å². The minimum Gasteiger partial charge on any atom is -0.465 e. The van der Waals surface area contributed by atoms with E-state index in [0.717, 1.165) is 25.9 Å². The van der Waals surface area contributed by atoms with E-state index < -0.39 is 27.6 Å². The number of aryl methyl sites for hydroxylation is 1. The molecule has 2 aromatic carbocycles. The van der Waals surface area contributed by atoms with Crippen LogP contribution in [-0.2, 0) is 29.2 Å². The lowest BCUT2D eigenvalue weighted by molar-refractivity contribution is -0.143. The van der Waals surface area contributed by atoms with Gasteiger partial charge in [0, 0.05) is 10.0 Å². The first-order chi connectivity index (χ1) is 13.2. The summed E-state index contributed by atoms with van der Waals surface area (Å²) in [4.78, 5) is 23.7. The van der Waals surface area contributed by atoms with Crippen LogP contribution in [0.4, 0.5) is 0 Å². The van der Waals surface area contributed by atoms with Crippen LogP contribution >= 0.6 is 15.9 Å². The van der Waals surface area contributed by atoms with Crippen molar-refractivity contribution in [2.75, 3.05) is 14.2 Å². The molecular weight excluding hydrogens is 452 g/mol. The minimum atomic E-state index is -4.13. The third-order valence-corrected chi connectivity index (χ3v) is 5.33. The van der Waals surface area contributed by atoms with E-state index in [1.807, 2.05) is 6.92 Å². The SMILES string of the molecule is COC(=O)C(=Cc1cc(Br)ccc1OS(=O)(=O)c1ccc(C)cc1)C(=O)OC. The van der Waals surface area contributed by atoms with Gasteiger partial charge in [-0.15, -0.1) is 0 Å². The second kappa shape index (κ2) is 9.03. The van der Waals surface area contributed by atoms with Crippen LogP contribution in [0.1, 0.15) is 11.1 Å². The van der Waals surface area contributed by atoms with Gasteiger partial charge in [0.05, 0.1) is 14.2 Å². The highest BCUT2D eigenvalue weighted by molar-refractivity contribution is 9.10. The van der Waals surface area contributed by atoms with Crippen LogP contribution in [0.3, 0.4) is 0 Å². The summed E-state index contributed by atoms with van der Waals surface area (Å²) in [7, 11) is -1.91. The van der Waals surface area contributed by atoms with Gasteiger partial charge in [0.1, 0.15) is 16.2 Å². The zero-order chi connectivity index (χ0) is 20.9. The first-order valence-corrected chi connectivity index (χ1v) is 10.1. The molecule has 28 heavy (non-hydrogen) atoms. The molecule has 0 spiro atoms. The number of carbonyl (C=O) groups is 2. The van der Waals surface area contributed by atoms with E-state index in [-0.39, 0.29) is 16.2 Å². The maximum Gasteiger partial charge on any atom is 0.345 e. The highest BCUT2D eigenvalue weighted by Crippen LogP contribution is 2.29. The number of methoxy groups -OCH3 is 2. The van der Waals surface area contributed by atoms with Crippen LogP contribution in [0, 0.1) is 6.92 Å². The molecule has 0 atom stereocenters. The fourth-order valence-corrected chi connectivity index (χ4v) is 3.49. The molecule has 0 N–H and O–H groups in total. The molecule has 148 valence electrons. The fraction of sp³-hybridized carbons (Fsp3) is 0.158. The van der Waals surface area contributed by atoms with Crippen molar-refractivity contribution in [3.05, 3.63) is 63.6 Å². The summed E-state index contributed by atoms with van der Waals surface area (Å²) in [6, 6.07) is 10.6. The van der Waals surface area contributed by atoms with Gasteiger partial charge in [-0.25, -0.2) is 9.59 Å². The molecule has 7 nitrogen and oxygen atoms in total. The van der Waals surface area contributed by atoms with Gasteiger partial charge in [-0.05, 0) is 43.3 Å². The number of halogens is 1. The van der Waals surface area contributed by atoms with E-state index in [1.54, 1.807) is 18.2 Å². The Kier molecular flexibility index (Phi) is 6.98. The first kappa shape index (κ1) is 21.6. The molecule has 9 heteroatoms. The lowest BCUT2D eigenvalue weighted by atomic mass is 10.1. The molecule has 0 radical (unpaired) electrons. The van der Waals surface area contributed by atoms with Crippen LogP contribution in [0.2, 0.25) is 0 Å². The summed E-state index contributed by atoms with van der Waals surface area (Å²) >= 11 is 3.26. The van der Waals surface area contributed by atoms with E-state index in [0.29, 0.717) is 4.47 Å². The number of hydrogen-bond donors (Lipinski definition) is 0. The van der Waals surface area contributed by atoms with Crippen molar-refractivity contribution in [3.63, 3.8) is 0 Å². The Morgan fingerprint density at radius 1 is 0.964 bits per heavy atom. The Balaban J connectivity index is 2.52. The number of esters is 2. The van der Waals surface area contributed by atoms with Gasteiger partial charge < -0.3 is 13.7 Å². The molecule has 0 saturated heterocycles. The van der Waals surface area contributed by atoms with Gasteiger partial charge in [0.2, 0.25) is 0 Å². The predicted octanol–water partition coefficient (Wildman–Crippen LogP) is 3.25. The van der Waals surface area contributed by atoms with E-state index in [9.17, 15) is 18.0 Å². The topological polar surface area (TPSA) is 96.0 Å². The van der Waals surface area contributed by atoms with Crippen LogP contribution in [0.25, 0.3) is 6.08 Å². The number of carbonyl (C=O) groups excluding carboxylic acids is 2. The first-order valence-electron chi connectivity index (χ1n) is 7.87. The van der Waals surface area contributed by atoms with Crippen molar-refractivity contribution >= 4 is 44.1 Å². The average Bonchev–Trinajstić information content (AvgIpc) is 2.67. The maximum atomic E-state index is 12.6. The number of rotatable bonds is 6. The summed E-state index contributed by atoms with van der Waals surface area (Å²) in [5.41, 5.74) is 0.642. The van der Waals surface area contributed by atoms with Crippen molar-refractivity contribution in [1.82, 2.24) is 0 Å². The second-order valence-electron chi connectivity index (χ2n) is 5.57. The molecule has 0 saturated carbocycles. The van der Waals surface area contributed by atoms with Gasteiger partial charge in [0.25, 0.3) is 0 Å². The van der Waals surface area contributed by atoms with Gasteiger partial charge >= 0.3 is 22.1 Å². The average molecular weight is 469 g/mol. The summed E-state index contributed by atoms with van der Waals surface area (Å²) in [6.07, 6.45) is 1.14. The van der Waals surface area contributed by atoms with Crippen LogP contribution < -0.4 is 4.18 Å². The zero-order valence-electron chi connectivity index (χ0n) is 15.3. The molecule has 2 aromatic rings. The van der Waals surface area contributed by atoms with Gasteiger partial charge in [-0.3, -0.25) is 0 Å². The lowest BCUT2D eigenvalue weighted by Gasteiger charge is -2.11. The monoisotopic (exact) mass is 468 g/mol. The van der Waals surface area contributed by atoms with E-state index in [4.69, 9.17) is 4.18 Å². The molecule has 0 aliphatic heterocycles. The summed E-state index contributed by atoms with van der Waals surface area (Å²) in [5.74, 6) is -1.94. The van der Waals surface area contributed by atoms with Gasteiger partial charge in [-0.2, -0.15) is 8.42 Å². The summed E-state index contributed by atoms with van der Waals surface area (Å²) < 4.78 is 40.1. The lowest BCUT2D eigenvalue weighted by Crippen LogP contribution is -2.16. The van der Waals surface area contributed by atoms with Gasteiger partial charge in [0.15, 0.2) is 0 Å². The summed E-state index contributed by atoms with van der Waals surface area (Å²) in [6.45, 7) is 1.83. The molecule has 0 aliphatic carbocycles. The molecule has 0 aliphatic rings. The second-order valence-corrected chi connectivity index (χ2v) is 8.04. The number of ether oxygens (including phenoxy) is 2. The minimum absolute atomic E-state index is 0.0305. The molecule has 0 amide bonds. The fourth-order valence-electron chi connectivity index (χ4n) is 2.16.